The molecule has 1 aliphatic heterocycles. The Bertz CT molecular complexity index is 945. The molecule has 1 atom stereocenters. The fourth-order valence-corrected chi connectivity index (χ4v) is 4.12. The lowest BCUT2D eigenvalue weighted by molar-refractivity contribution is 0.0456. The van der Waals surface area contributed by atoms with Gasteiger partial charge in [-0.05, 0) is 24.3 Å². The van der Waals surface area contributed by atoms with Gasteiger partial charge in [0.05, 0.1) is 17.6 Å². The number of aliphatic hydroxyl groups is 1. The standard InChI is InChI=1S/C17H22N6O4S/c1-3-9-22(2)28(26,27)14-6-4-13(5-7-14)19-16(24)23-10-8-17(25,12-23)15-11-18-21-20-15/h3-7,11,25H,1,8-10,12H2,2H3,(H,19,24)(H,18,20,21). The van der Waals surface area contributed by atoms with E-state index in [1.165, 1.54) is 52.8 Å². The molecule has 1 aromatic carbocycles. The highest BCUT2D eigenvalue weighted by Gasteiger charge is 2.41. The third-order valence-electron chi connectivity index (χ3n) is 4.63. The maximum absolute atomic E-state index is 12.5. The first kappa shape index (κ1) is 20.0. The lowest BCUT2D eigenvalue weighted by atomic mass is 10.0. The van der Waals surface area contributed by atoms with Gasteiger partial charge in [0.15, 0.2) is 0 Å². The summed E-state index contributed by atoms with van der Waals surface area (Å²) >= 11 is 0. The quantitative estimate of drug-likeness (QED) is 0.606. The smallest absolute Gasteiger partial charge is 0.321 e. The van der Waals surface area contributed by atoms with Gasteiger partial charge >= 0.3 is 6.03 Å². The minimum absolute atomic E-state index is 0.0875. The Hall–Kier alpha value is -2.76. The summed E-state index contributed by atoms with van der Waals surface area (Å²) in [5, 5.41) is 23.4. The van der Waals surface area contributed by atoms with Gasteiger partial charge in [-0.15, -0.1) is 6.58 Å². The largest absolute Gasteiger partial charge is 0.381 e. The highest BCUT2D eigenvalue weighted by molar-refractivity contribution is 7.89. The Balaban J connectivity index is 1.65. The van der Waals surface area contributed by atoms with Crippen molar-refractivity contribution in [2.24, 2.45) is 0 Å². The van der Waals surface area contributed by atoms with Crippen LogP contribution < -0.4 is 5.32 Å². The van der Waals surface area contributed by atoms with Gasteiger partial charge in [0.2, 0.25) is 10.0 Å². The molecule has 0 spiro atoms. The van der Waals surface area contributed by atoms with E-state index in [9.17, 15) is 18.3 Å². The number of aromatic amines is 1. The van der Waals surface area contributed by atoms with Crippen LogP contribution in [0.4, 0.5) is 10.5 Å². The van der Waals surface area contributed by atoms with E-state index in [1.807, 2.05) is 0 Å². The van der Waals surface area contributed by atoms with Gasteiger partial charge in [-0.2, -0.15) is 19.7 Å². The zero-order valence-electron chi connectivity index (χ0n) is 15.4. The molecule has 0 bridgehead atoms. The van der Waals surface area contributed by atoms with E-state index in [0.29, 0.717) is 24.3 Å². The summed E-state index contributed by atoms with van der Waals surface area (Å²) in [6.07, 6.45) is 3.28. The van der Waals surface area contributed by atoms with E-state index >= 15 is 0 Å². The molecule has 11 heteroatoms. The van der Waals surface area contributed by atoms with E-state index in [0.717, 1.165) is 0 Å². The van der Waals surface area contributed by atoms with Crippen LogP contribution in [0.3, 0.4) is 0 Å². The summed E-state index contributed by atoms with van der Waals surface area (Å²) in [7, 11) is -2.14. The zero-order valence-corrected chi connectivity index (χ0v) is 16.2. The number of β-amino-alcohol motifs (C(OH)–C–C–N with tert-alkyl or cyclic N) is 1. The monoisotopic (exact) mass is 406 g/mol. The second kappa shape index (κ2) is 7.70. The molecule has 2 heterocycles. The predicted octanol–water partition coefficient (Wildman–Crippen LogP) is 0.737. The van der Waals surface area contributed by atoms with Crippen molar-refractivity contribution >= 4 is 21.7 Å². The van der Waals surface area contributed by atoms with Crippen LogP contribution in [0.1, 0.15) is 12.1 Å². The van der Waals surface area contributed by atoms with E-state index in [-0.39, 0.29) is 24.0 Å². The number of likely N-dealkylation sites (N-methyl/N-ethyl adjacent to an activating group) is 1. The molecule has 28 heavy (non-hydrogen) atoms. The molecule has 3 N–H and O–H groups in total. The van der Waals surface area contributed by atoms with Gasteiger partial charge in [-0.3, -0.25) is 0 Å². The number of carbonyl (C=O) groups excluding carboxylic acids is 1. The first-order valence-corrected chi connectivity index (χ1v) is 10.0. The van der Waals surface area contributed by atoms with E-state index in [2.05, 4.69) is 27.3 Å². The molecular weight excluding hydrogens is 384 g/mol. The van der Waals surface area contributed by atoms with Crippen molar-refractivity contribution in [1.82, 2.24) is 24.6 Å². The Morgan fingerprint density at radius 3 is 2.79 bits per heavy atom. The average Bonchev–Trinajstić information content (AvgIpc) is 3.33. The second-order valence-corrected chi connectivity index (χ2v) is 8.63. The molecule has 2 aromatic rings. The van der Waals surface area contributed by atoms with Crippen molar-refractivity contribution in [2.75, 3.05) is 32.0 Å². The topological polar surface area (TPSA) is 132 Å². The van der Waals surface area contributed by atoms with Crippen LogP contribution in [0.2, 0.25) is 0 Å². The van der Waals surface area contributed by atoms with Crippen molar-refractivity contribution in [3.63, 3.8) is 0 Å². The number of hydrogen-bond donors (Lipinski definition) is 3. The number of rotatable bonds is 6. The summed E-state index contributed by atoms with van der Waals surface area (Å²) in [4.78, 5) is 14.1. The van der Waals surface area contributed by atoms with E-state index < -0.39 is 15.6 Å². The molecule has 0 saturated carbocycles. The molecule has 1 fully saturated rings. The molecular formula is C17H22N6O4S. The van der Waals surface area contributed by atoms with Crippen molar-refractivity contribution in [2.45, 2.75) is 16.9 Å². The van der Waals surface area contributed by atoms with Crippen LogP contribution >= 0.6 is 0 Å². The third-order valence-corrected chi connectivity index (χ3v) is 6.46. The van der Waals surface area contributed by atoms with Crippen molar-refractivity contribution in [3.05, 3.63) is 48.8 Å². The van der Waals surface area contributed by atoms with Crippen molar-refractivity contribution in [1.29, 1.82) is 0 Å². The number of urea groups is 1. The molecule has 0 aliphatic carbocycles. The Morgan fingerprint density at radius 2 is 2.18 bits per heavy atom. The predicted molar refractivity (Wildman–Crippen MR) is 102 cm³/mol. The molecule has 150 valence electrons. The SMILES string of the molecule is C=CCN(C)S(=O)(=O)c1ccc(NC(=O)N2CCC(O)(c3cn[nH]n3)C2)cc1. The van der Waals surface area contributed by atoms with Gasteiger partial charge in [0.1, 0.15) is 11.3 Å². The van der Waals surface area contributed by atoms with Crippen LogP contribution in [0, 0.1) is 0 Å². The average molecular weight is 406 g/mol. The minimum Gasteiger partial charge on any atom is -0.381 e. The number of hydrogen-bond acceptors (Lipinski definition) is 6. The minimum atomic E-state index is -3.61. The molecule has 1 aliphatic rings. The number of amides is 2. The van der Waals surface area contributed by atoms with Gasteiger partial charge in [0.25, 0.3) is 0 Å². The number of nitrogens with one attached hydrogen (secondary N) is 2. The highest BCUT2D eigenvalue weighted by atomic mass is 32.2. The fourth-order valence-electron chi connectivity index (χ4n) is 2.97. The molecule has 1 saturated heterocycles. The Morgan fingerprint density at radius 1 is 1.46 bits per heavy atom. The van der Waals surface area contributed by atoms with Crippen LogP contribution in [0.5, 0.6) is 0 Å². The Labute approximate surface area is 162 Å². The first-order valence-electron chi connectivity index (χ1n) is 8.58. The summed E-state index contributed by atoms with van der Waals surface area (Å²) in [5.41, 5.74) is -0.397. The molecule has 0 radical (unpaired) electrons. The number of likely N-dealkylation sites (tertiary alicyclic amines) is 1. The summed E-state index contributed by atoms with van der Waals surface area (Å²) in [6.45, 7) is 4.17. The number of aromatic nitrogens is 3. The fraction of sp³-hybridized carbons (Fsp3) is 0.353. The summed E-state index contributed by atoms with van der Waals surface area (Å²) in [5.74, 6) is 0. The number of sulfonamides is 1. The number of nitrogens with zero attached hydrogens (tertiary/aromatic N) is 4. The Kier molecular flexibility index (Phi) is 5.49. The van der Waals surface area contributed by atoms with Gasteiger partial charge in [-0.25, -0.2) is 13.2 Å². The maximum atomic E-state index is 12.5. The van der Waals surface area contributed by atoms with Crippen LogP contribution in [0.15, 0.2) is 48.0 Å². The number of anilines is 1. The zero-order chi connectivity index (χ0) is 20.4. The number of H-pyrrole nitrogens is 1. The van der Waals surface area contributed by atoms with Crippen LogP contribution in [-0.2, 0) is 15.6 Å². The van der Waals surface area contributed by atoms with Crippen LogP contribution in [0.25, 0.3) is 0 Å². The lowest BCUT2D eigenvalue weighted by Crippen LogP contribution is -2.37. The van der Waals surface area contributed by atoms with E-state index in [1.54, 1.807) is 0 Å². The summed E-state index contributed by atoms with van der Waals surface area (Å²) < 4.78 is 26.0. The maximum Gasteiger partial charge on any atom is 0.321 e. The molecule has 3 rings (SSSR count). The van der Waals surface area contributed by atoms with Crippen molar-refractivity contribution < 1.29 is 18.3 Å². The highest BCUT2D eigenvalue weighted by Crippen LogP contribution is 2.30. The van der Waals surface area contributed by atoms with Gasteiger partial charge in [-0.1, -0.05) is 6.08 Å². The number of benzene rings is 1. The van der Waals surface area contributed by atoms with Gasteiger partial charge in [0, 0.05) is 32.2 Å². The molecule has 1 aromatic heterocycles. The normalized spacial score (nSPS) is 19.8. The van der Waals surface area contributed by atoms with Gasteiger partial charge < -0.3 is 15.3 Å². The van der Waals surface area contributed by atoms with E-state index in [4.69, 9.17) is 0 Å². The lowest BCUT2D eigenvalue weighted by Gasteiger charge is -2.21. The van der Waals surface area contributed by atoms with Crippen molar-refractivity contribution in [3.8, 4) is 0 Å². The third kappa shape index (κ3) is 3.91. The molecule has 2 amide bonds. The molecule has 1 unspecified atom stereocenters. The first-order chi connectivity index (χ1) is 13.3. The van der Waals surface area contributed by atoms with Crippen LogP contribution in [-0.4, -0.2) is 70.9 Å². The summed E-state index contributed by atoms with van der Waals surface area (Å²) in [6, 6.07) is 5.51. The molecule has 10 nitrogen and oxygen atoms in total. The second-order valence-electron chi connectivity index (χ2n) is 6.59. The number of carbonyl (C=O) groups is 1.